The molecule has 0 radical (unpaired) electrons. The molecule has 0 aromatic heterocycles. The maximum Gasteiger partial charge on any atom is 0.298 e. The highest BCUT2D eigenvalue weighted by Crippen LogP contribution is 2.37. The zero-order valence-electron chi connectivity index (χ0n) is 14.7. The van der Waals surface area contributed by atoms with Gasteiger partial charge in [-0.3, -0.25) is 9.59 Å². The van der Waals surface area contributed by atoms with Crippen molar-refractivity contribution in [2.75, 3.05) is 11.5 Å². The summed E-state index contributed by atoms with van der Waals surface area (Å²) in [5.41, 5.74) is 3.37. The standard InChI is InChI=1S/C21H19NO3S/c1-4-11-25-17-9-7-16(8-10-17)13-19-20(23)22(21(24)26-19)18-12-14(2)5-6-15(18)3/h4-10,12-13H,1,11H2,2-3H3/b19-13-. The number of thioether (sulfide) groups is 1. The van der Waals surface area contributed by atoms with Gasteiger partial charge in [0.1, 0.15) is 12.4 Å². The number of carbonyl (C=O) groups is 2. The van der Waals surface area contributed by atoms with Crippen molar-refractivity contribution >= 4 is 34.7 Å². The first kappa shape index (κ1) is 18.0. The summed E-state index contributed by atoms with van der Waals surface area (Å²) in [4.78, 5) is 26.9. The summed E-state index contributed by atoms with van der Waals surface area (Å²) in [5, 5.41) is -0.277. The second kappa shape index (κ2) is 7.62. The summed E-state index contributed by atoms with van der Waals surface area (Å²) in [6, 6.07) is 13.1. The molecule has 0 aliphatic carbocycles. The van der Waals surface area contributed by atoms with Crippen LogP contribution in [0.4, 0.5) is 10.5 Å². The maximum atomic E-state index is 12.8. The fraction of sp³-hybridized carbons (Fsp3) is 0.143. The molecule has 0 spiro atoms. The molecule has 26 heavy (non-hydrogen) atoms. The monoisotopic (exact) mass is 365 g/mol. The number of nitrogens with zero attached hydrogens (tertiary/aromatic N) is 1. The lowest BCUT2D eigenvalue weighted by atomic mass is 10.1. The third kappa shape index (κ3) is 3.73. The highest BCUT2D eigenvalue weighted by Gasteiger charge is 2.36. The predicted octanol–water partition coefficient (Wildman–Crippen LogP) is 5.11. The molecular weight excluding hydrogens is 346 g/mol. The quantitative estimate of drug-likeness (QED) is 0.546. The van der Waals surface area contributed by atoms with Gasteiger partial charge in [-0.05, 0) is 66.6 Å². The van der Waals surface area contributed by atoms with E-state index in [1.54, 1.807) is 12.2 Å². The van der Waals surface area contributed by atoms with E-state index in [0.717, 1.165) is 34.2 Å². The van der Waals surface area contributed by atoms with E-state index in [-0.39, 0.29) is 11.1 Å². The van der Waals surface area contributed by atoms with Crippen molar-refractivity contribution < 1.29 is 14.3 Å². The van der Waals surface area contributed by atoms with Gasteiger partial charge < -0.3 is 4.74 Å². The third-order valence-corrected chi connectivity index (χ3v) is 4.81. The summed E-state index contributed by atoms with van der Waals surface area (Å²) in [6.45, 7) is 7.88. The molecule has 0 saturated carbocycles. The summed E-state index contributed by atoms with van der Waals surface area (Å²) in [7, 11) is 0. The Kier molecular flexibility index (Phi) is 5.28. The molecule has 1 aliphatic heterocycles. The van der Waals surface area contributed by atoms with Crippen molar-refractivity contribution in [1.29, 1.82) is 0 Å². The topological polar surface area (TPSA) is 46.6 Å². The number of amides is 2. The van der Waals surface area contributed by atoms with Gasteiger partial charge in [0.2, 0.25) is 0 Å². The van der Waals surface area contributed by atoms with Gasteiger partial charge in [-0.2, -0.15) is 0 Å². The number of hydrogen-bond acceptors (Lipinski definition) is 4. The average molecular weight is 365 g/mol. The number of rotatable bonds is 5. The van der Waals surface area contributed by atoms with Crippen LogP contribution < -0.4 is 9.64 Å². The van der Waals surface area contributed by atoms with Crippen LogP contribution in [0.2, 0.25) is 0 Å². The summed E-state index contributed by atoms with van der Waals surface area (Å²) >= 11 is 0.958. The van der Waals surface area contributed by atoms with Crippen molar-refractivity contribution in [1.82, 2.24) is 0 Å². The Morgan fingerprint density at radius 1 is 1.12 bits per heavy atom. The molecule has 2 amide bonds. The molecule has 1 aliphatic rings. The lowest BCUT2D eigenvalue weighted by Gasteiger charge is -2.16. The predicted molar refractivity (Wildman–Crippen MR) is 107 cm³/mol. The highest BCUT2D eigenvalue weighted by molar-refractivity contribution is 8.19. The Balaban J connectivity index is 1.85. The molecule has 0 atom stereocenters. The molecule has 4 nitrogen and oxygen atoms in total. The van der Waals surface area contributed by atoms with E-state index < -0.39 is 0 Å². The second-order valence-electron chi connectivity index (χ2n) is 5.98. The first-order chi connectivity index (χ1) is 12.5. The molecule has 3 rings (SSSR count). The fourth-order valence-corrected chi connectivity index (χ4v) is 3.44. The molecule has 1 saturated heterocycles. The van der Waals surface area contributed by atoms with Crippen molar-refractivity contribution in [2.45, 2.75) is 13.8 Å². The van der Waals surface area contributed by atoms with E-state index >= 15 is 0 Å². The van der Waals surface area contributed by atoms with Gasteiger partial charge in [0, 0.05) is 0 Å². The van der Waals surface area contributed by atoms with E-state index in [0.29, 0.717) is 17.2 Å². The van der Waals surface area contributed by atoms with Gasteiger partial charge in [0.15, 0.2) is 0 Å². The zero-order chi connectivity index (χ0) is 18.7. The minimum atomic E-state index is -0.291. The first-order valence-electron chi connectivity index (χ1n) is 8.18. The normalized spacial score (nSPS) is 15.6. The Hall–Kier alpha value is -2.79. The molecule has 0 unspecified atom stereocenters. The molecular formula is C21H19NO3S. The molecule has 2 aromatic rings. The van der Waals surface area contributed by atoms with Crippen LogP contribution in [0.25, 0.3) is 6.08 Å². The summed E-state index contributed by atoms with van der Waals surface area (Å²) < 4.78 is 5.44. The minimum absolute atomic E-state index is 0.277. The fourth-order valence-electron chi connectivity index (χ4n) is 2.60. The van der Waals surface area contributed by atoms with Crippen LogP contribution in [-0.4, -0.2) is 17.8 Å². The number of anilines is 1. The number of benzene rings is 2. The van der Waals surface area contributed by atoms with Crippen LogP contribution in [0.3, 0.4) is 0 Å². The van der Waals surface area contributed by atoms with Crippen LogP contribution in [-0.2, 0) is 4.79 Å². The number of carbonyl (C=O) groups excluding carboxylic acids is 2. The lowest BCUT2D eigenvalue weighted by Crippen LogP contribution is -2.28. The summed E-state index contributed by atoms with van der Waals surface area (Å²) in [6.07, 6.45) is 3.41. The number of aryl methyl sites for hydroxylation is 2. The second-order valence-corrected chi connectivity index (χ2v) is 6.97. The summed E-state index contributed by atoms with van der Waals surface area (Å²) in [5.74, 6) is 0.436. The zero-order valence-corrected chi connectivity index (χ0v) is 15.5. The van der Waals surface area contributed by atoms with Crippen molar-refractivity contribution in [3.05, 3.63) is 76.7 Å². The van der Waals surface area contributed by atoms with E-state index in [4.69, 9.17) is 4.74 Å². The molecule has 1 fully saturated rings. The van der Waals surface area contributed by atoms with Gasteiger partial charge in [0.05, 0.1) is 10.6 Å². The molecule has 0 bridgehead atoms. The Morgan fingerprint density at radius 2 is 1.85 bits per heavy atom. The highest BCUT2D eigenvalue weighted by atomic mass is 32.2. The van der Waals surface area contributed by atoms with Crippen LogP contribution in [0.15, 0.2) is 60.0 Å². The van der Waals surface area contributed by atoms with Gasteiger partial charge in [-0.25, -0.2) is 4.90 Å². The van der Waals surface area contributed by atoms with Crippen molar-refractivity contribution in [2.24, 2.45) is 0 Å². The van der Waals surface area contributed by atoms with Gasteiger partial charge >= 0.3 is 0 Å². The van der Waals surface area contributed by atoms with E-state index in [1.807, 2.05) is 56.3 Å². The maximum absolute atomic E-state index is 12.8. The van der Waals surface area contributed by atoms with Crippen LogP contribution in [0.5, 0.6) is 5.75 Å². The van der Waals surface area contributed by atoms with Gasteiger partial charge in [-0.15, -0.1) is 0 Å². The minimum Gasteiger partial charge on any atom is -0.490 e. The molecule has 132 valence electrons. The Labute approximate surface area is 157 Å². The SMILES string of the molecule is C=CCOc1ccc(/C=C2\SC(=O)N(c3cc(C)ccc3C)C2=O)cc1. The van der Waals surface area contributed by atoms with Gasteiger partial charge in [0.25, 0.3) is 11.1 Å². The van der Waals surface area contributed by atoms with Crippen LogP contribution in [0, 0.1) is 13.8 Å². The number of ether oxygens (including phenoxy) is 1. The van der Waals surface area contributed by atoms with Crippen LogP contribution in [0.1, 0.15) is 16.7 Å². The van der Waals surface area contributed by atoms with E-state index in [1.165, 1.54) is 4.90 Å². The van der Waals surface area contributed by atoms with E-state index in [9.17, 15) is 9.59 Å². The third-order valence-electron chi connectivity index (χ3n) is 3.94. The van der Waals surface area contributed by atoms with E-state index in [2.05, 4.69) is 6.58 Å². The Bertz CT molecular complexity index is 900. The lowest BCUT2D eigenvalue weighted by molar-refractivity contribution is -0.113. The Morgan fingerprint density at radius 3 is 2.54 bits per heavy atom. The molecule has 0 N–H and O–H groups in total. The number of hydrogen-bond donors (Lipinski definition) is 0. The number of imide groups is 1. The van der Waals surface area contributed by atoms with Gasteiger partial charge in [-0.1, -0.05) is 36.9 Å². The molecule has 2 aromatic carbocycles. The first-order valence-corrected chi connectivity index (χ1v) is 9.00. The molecule has 1 heterocycles. The van der Waals surface area contributed by atoms with Crippen molar-refractivity contribution in [3.8, 4) is 5.75 Å². The smallest absolute Gasteiger partial charge is 0.298 e. The average Bonchev–Trinajstić information content (AvgIpc) is 2.90. The largest absolute Gasteiger partial charge is 0.490 e. The van der Waals surface area contributed by atoms with Crippen molar-refractivity contribution in [3.63, 3.8) is 0 Å². The van der Waals surface area contributed by atoms with Crippen LogP contribution >= 0.6 is 11.8 Å². The molecule has 5 heteroatoms.